The highest BCUT2D eigenvalue weighted by molar-refractivity contribution is 6.31. The summed E-state index contributed by atoms with van der Waals surface area (Å²) in [6, 6.07) is 1.50. The van der Waals surface area contributed by atoms with Gasteiger partial charge in [-0.3, -0.25) is 4.98 Å². The Morgan fingerprint density at radius 1 is 1.50 bits per heavy atom. The lowest BCUT2D eigenvalue weighted by Crippen LogP contribution is -2.38. The molecule has 2 atom stereocenters. The van der Waals surface area contributed by atoms with Gasteiger partial charge < -0.3 is 20.3 Å². The fourth-order valence-electron chi connectivity index (χ4n) is 1.45. The van der Waals surface area contributed by atoms with Crippen LogP contribution in [0.5, 0.6) is 0 Å². The molecule has 2 unspecified atom stereocenters. The number of ether oxygens (including phenoxy) is 1. The number of alkyl carbamates (subject to hydrolysis) is 1. The van der Waals surface area contributed by atoms with Crippen LogP contribution in [0.25, 0.3) is 0 Å². The van der Waals surface area contributed by atoms with Gasteiger partial charge in [0.05, 0.1) is 5.02 Å². The third-order valence-corrected chi connectivity index (χ3v) is 2.66. The first-order valence-electron chi connectivity index (χ1n) is 6.13. The first-order chi connectivity index (χ1) is 9.20. The number of nitrogens with zero attached hydrogens (tertiary/aromatic N) is 1. The summed E-state index contributed by atoms with van der Waals surface area (Å²) in [6.07, 6.45) is -0.264. The largest absolute Gasteiger partial charge is 0.444 e. The highest BCUT2D eigenvalue weighted by atomic mass is 35.5. The minimum Gasteiger partial charge on any atom is -0.444 e. The Kier molecular flexibility index (Phi) is 5.74. The Labute approximate surface area is 122 Å². The zero-order valence-corrected chi connectivity index (χ0v) is 12.4. The van der Waals surface area contributed by atoms with Crippen LogP contribution in [0.3, 0.4) is 0 Å². The minimum absolute atomic E-state index is 0.158. The van der Waals surface area contributed by atoms with Gasteiger partial charge in [-0.1, -0.05) is 11.6 Å². The van der Waals surface area contributed by atoms with Gasteiger partial charge in [0.15, 0.2) is 0 Å². The lowest BCUT2D eigenvalue weighted by atomic mass is 10.1. The SMILES string of the molecule is CC(C)(C)OC(=O)NCC(O)C(O)c1ccncc1Cl. The molecular formula is C13H19ClN2O4. The van der Waals surface area contributed by atoms with Gasteiger partial charge in [0.25, 0.3) is 0 Å². The van der Waals surface area contributed by atoms with Gasteiger partial charge in [0, 0.05) is 24.5 Å². The second kappa shape index (κ2) is 6.88. The van der Waals surface area contributed by atoms with E-state index in [-0.39, 0.29) is 11.6 Å². The van der Waals surface area contributed by atoms with Crippen LogP contribution in [-0.2, 0) is 4.74 Å². The van der Waals surface area contributed by atoms with E-state index in [1.54, 1.807) is 20.8 Å². The van der Waals surface area contributed by atoms with Crippen LogP contribution in [0.4, 0.5) is 4.79 Å². The Morgan fingerprint density at radius 3 is 2.70 bits per heavy atom. The molecule has 20 heavy (non-hydrogen) atoms. The molecule has 0 bridgehead atoms. The van der Waals surface area contributed by atoms with E-state index >= 15 is 0 Å². The van der Waals surface area contributed by atoms with Gasteiger partial charge in [0.1, 0.15) is 17.8 Å². The summed E-state index contributed by atoms with van der Waals surface area (Å²) in [7, 11) is 0. The smallest absolute Gasteiger partial charge is 0.407 e. The number of aromatic nitrogens is 1. The number of hydrogen-bond acceptors (Lipinski definition) is 5. The molecule has 0 saturated heterocycles. The number of aliphatic hydroxyl groups is 2. The number of rotatable bonds is 4. The number of amides is 1. The fourth-order valence-corrected chi connectivity index (χ4v) is 1.68. The predicted molar refractivity (Wildman–Crippen MR) is 74.5 cm³/mol. The number of halogens is 1. The van der Waals surface area contributed by atoms with E-state index in [0.717, 1.165) is 0 Å². The van der Waals surface area contributed by atoms with Crippen molar-refractivity contribution in [3.63, 3.8) is 0 Å². The van der Waals surface area contributed by atoms with Crippen LogP contribution in [0.2, 0.25) is 5.02 Å². The Balaban J connectivity index is 2.53. The van der Waals surface area contributed by atoms with Gasteiger partial charge in [-0.25, -0.2) is 4.79 Å². The molecule has 0 saturated carbocycles. The lowest BCUT2D eigenvalue weighted by Gasteiger charge is -2.22. The molecule has 0 aromatic carbocycles. The Hall–Kier alpha value is -1.37. The summed E-state index contributed by atoms with van der Waals surface area (Å²) in [6.45, 7) is 5.03. The zero-order chi connectivity index (χ0) is 15.3. The Morgan fingerprint density at radius 2 is 2.15 bits per heavy atom. The molecule has 6 nitrogen and oxygen atoms in total. The molecule has 112 valence electrons. The van der Waals surface area contributed by atoms with Crippen molar-refractivity contribution in [2.45, 2.75) is 38.6 Å². The normalized spacial score (nSPS) is 14.5. The molecule has 1 heterocycles. The number of carbonyl (C=O) groups excluding carboxylic acids is 1. The molecule has 0 aliphatic rings. The van der Waals surface area contributed by atoms with Gasteiger partial charge >= 0.3 is 6.09 Å². The number of pyridine rings is 1. The third-order valence-electron chi connectivity index (χ3n) is 2.34. The quantitative estimate of drug-likeness (QED) is 0.786. The van der Waals surface area contributed by atoms with Crippen molar-refractivity contribution >= 4 is 17.7 Å². The summed E-state index contributed by atoms with van der Waals surface area (Å²) in [5.41, 5.74) is -0.276. The number of hydrogen-bond donors (Lipinski definition) is 3. The van der Waals surface area contributed by atoms with Gasteiger partial charge in [-0.15, -0.1) is 0 Å². The molecule has 0 spiro atoms. The predicted octanol–water partition coefficient (Wildman–Crippen LogP) is 1.65. The van der Waals surface area contributed by atoms with E-state index in [9.17, 15) is 15.0 Å². The van der Waals surface area contributed by atoms with Crippen LogP contribution in [0.1, 0.15) is 32.4 Å². The average Bonchev–Trinajstić information content (AvgIpc) is 2.33. The molecule has 0 aliphatic carbocycles. The lowest BCUT2D eigenvalue weighted by molar-refractivity contribution is 0.0129. The second-order valence-electron chi connectivity index (χ2n) is 5.29. The molecule has 3 N–H and O–H groups in total. The van der Waals surface area contributed by atoms with E-state index in [2.05, 4.69) is 10.3 Å². The standard InChI is InChI=1S/C13H19ClN2O4/c1-13(2,3)20-12(19)16-7-10(17)11(18)8-4-5-15-6-9(8)14/h4-6,10-11,17-18H,7H2,1-3H3,(H,16,19). The summed E-state index contributed by atoms with van der Waals surface area (Å²) in [5.74, 6) is 0. The highest BCUT2D eigenvalue weighted by Crippen LogP contribution is 2.23. The van der Waals surface area contributed by atoms with Crippen LogP contribution in [0, 0.1) is 0 Å². The molecule has 0 aliphatic heterocycles. The maximum atomic E-state index is 11.4. The summed E-state index contributed by atoms with van der Waals surface area (Å²) in [4.78, 5) is 15.2. The first kappa shape index (κ1) is 16.7. The molecule has 0 radical (unpaired) electrons. The maximum absolute atomic E-state index is 11.4. The van der Waals surface area contributed by atoms with E-state index in [0.29, 0.717) is 5.56 Å². The number of nitrogens with one attached hydrogen (secondary N) is 1. The summed E-state index contributed by atoms with van der Waals surface area (Å²) < 4.78 is 5.02. The van der Waals surface area contributed by atoms with Crippen LogP contribution >= 0.6 is 11.6 Å². The Bertz CT molecular complexity index is 462. The van der Waals surface area contributed by atoms with Crippen molar-refractivity contribution in [2.75, 3.05) is 6.54 Å². The van der Waals surface area contributed by atoms with Crippen LogP contribution in [0.15, 0.2) is 18.5 Å². The fraction of sp³-hybridized carbons (Fsp3) is 0.538. The van der Waals surface area contributed by atoms with E-state index < -0.39 is 23.9 Å². The van der Waals surface area contributed by atoms with Crippen molar-refractivity contribution in [2.24, 2.45) is 0 Å². The van der Waals surface area contributed by atoms with E-state index in [4.69, 9.17) is 16.3 Å². The molecular weight excluding hydrogens is 284 g/mol. The van der Waals surface area contributed by atoms with Gasteiger partial charge in [-0.05, 0) is 26.8 Å². The summed E-state index contributed by atoms with van der Waals surface area (Å²) in [5, 5.41) is 22.4. The van der Waals surface area contributed by atoms with E-state index in [1.807, 2.05) is 0 Å². The number of carbonyl (C=O) groups is 1. The molecule has 0 fully saturated rings. The first-order valence-corrected chi connectivity index (χ1v) is 6.51. The minimum atomic E-state index is -1.22. The van der Waals surface area contributed by atoms with Crippen LogP contribution < -0.4 is 5.32 Å². The van der Waals surface area contributed by atoms with Crippen molar-refractivity contribution in [1.29, 1.82) is 0 Å². The van der Waals surface area contributed by atoms with Gasteiger partial charge in [-0.2, -0.15) is 0 Å². The zero-order valence-electron chi connectivity index (χ0n) is 11.6. The molecule has 1 rings (SSSR count). The maximum Gasteiger partial charge on any atom is 0.407 e. The van der Waals surface area contributed by atoms with Crippen molar-refractivity contribution in [3.05, 3.63) is 29.0 Å². The molecule has 1 aromatic heterocycles. The van der Waals surface area contributed by atoms with Crippen LogP contribution in [-0.4, -0.2) is 39.5 Å². The third kappa shape index (κ3) is 5.32. The van der Waals surface area contributed by atoms with Gasteiger partial charge in [0.2, 0.25) is 0 Å². The van der Waals surface area contributed by atoms with Crippen molar-refractivity contribution < 1.29 is 19.7 Å². The highest BCUT2D eigenvalue weighted by Gasteiger charge is 2.22. The second-order valence-corrected chi connectivity index (χ2v) is 5.70. The topological polar surface area (TPSA) is 91.7 Å². The van der Waals surface area contributed by atoms with E-state index in [1.165, 1.54) is 18.5 Å². The molecule has 1 amide bonds. The molecule has 1 aromatic rings. The monoisotopic (exact) mass is 302 g/mol. The molecule has 7 heteroatoms. The van der Waals surface area contributed by atoms with Crippen molar-refractivity contribution in [1.82, 2.24) is 10.3 Å². The van der Waals surface area contributed by atoms with Crippen molar-refractivity contribution in [3.8, 4) is 0 Å². The number of aliphatic hydroxyl groups excluding tert-OH is 2. The average molecular weight is 303 g/mol. The summed E-state index contributed by atoms with van der Waals surface area (Å²) >= 11 is 5.87.